The zero-order valence-corrected chi connectivity index (χ0v) is 10.6. The Bertz CT molecular complexity index is 531. The van der Waals surface area contributed by atoms with E-state index in [4.69, 9.17) is 5.11 Å². The summed E-state index contributed by atoms with van der Waals surface area (Å²) in [6.07, 6.45) is 1.67. The SMILES string of the molecule is C[I-]c1ccc2c(C(=O)O)cn(C)c2c1. The number of alkyl halides is 1. The van der Waals surface area contributed by atoms with Crippen molar-refractivity contribution in [1.82, 2.24) is 4.57 Å². The predicted molar refractivity (Wildman–Crippen MR) is 54.5 cm³/mol. The van der Waals surface area contributed by atoms with Crippen LogP contribution in [0.4, 0.5) is 0 Å². The number of benzene rings is 1. The number of nitrogens with zero attached hydrogens (tertiary/aromatic N) is 1. The molecule has 0 aliphatic heterocycles. The minimum atomic E-state index is -0.862. The maximum atomic E-state index is 11.0. The summed E-state index contributed by atoms with van der Waals surface area (Å²) < 4.78 is 3.21. The molecule has 0 saturated heterocycles. The van der Waals surface area contributed by atoms with E-state index >= 15 is 0 Å². The molecule has 0 spiro atoms. The van der Waals surface area contributed by atoms with E-state index in [2.05, 4.69) is 11.0 Å². The zero-order valence-electron chi connectivity index (χ0n) is 8.49. The van der Waals surface area contributed by atoms with E-state index in [0.29, 0.717) is 5.56 Å². The second-order valence-corrected chi connectivity index (χ2v) is 5.63. The number of aryl methyl sites for hydroxylation is 1. The Labute approximate surface area is 98.0 Å². The molecule has 80 valence electrons. The average Bonchev–Trinajstić information content (AvgIpc) is 2.56. The molecular formula is C11H11INO2-. The zero-order chi connectivity index (χ0) is 11.0. The Hall–Kier alpha value is -1.04. The summed E-state index contributed by atoms with van der Waals surface area (Å²) >= 11 is 0.0545. The van der Waals surface area contributed by atoms with Gasteiger partial charge in [-0.3, -0.25) is 0 Å². The molecule has 3 nitrogen and oxygen atoms in total. The van der Waals surface area contributed by atoms with E-state index in [0.717, 1.165) is 10.9 Å². The van der Waals surface area contributed by atoms with E-state index in [-0.39, 0.29) is 21.2 Å². The minimum absolute atomic E-state index is 0.0545. The summed E-state index contributed by atoms with van der Waals surface area (Å²) in [5.41, 5.74) is 1.39. The molecular weight excluding hydrogens is 305 g/mol. The molecule has 2 rings (SSSR count). The second-order valence-electron chi connectivity index (χ2n) is 3.31. The van der Waals surface area contributed by atoms with E-state index in [1.807, 2.05) is 23.7 Å². The standard InChI is InChI=1S/C11H11INO2/c1-12-7-3-4-8-9(11(14)15)6-13(2)10(8)5-7/h3-6H,1-2H3,(H,14,15)/q-1. The number of hydrogen-bond acceptors (Lipinski definition) is 1. The van der Waals surface area contributed by atoms with E-state index in [9.17, 15) is 4.79 Å². The molecule has 0 atom stereocenters. The van der Waals surface area contributed by atoms with Crippen LogP contribution in [0, 0.1) is 3.57 Å². The molecule has 0 radical (unpaired) electrons. The summed E-state index contributed by atoms with van der Waals surface area (Å²) in [5.74, 6) is -0.862. The van der Waals surface area contributed by atoms with Gasteiger partial charge in [0, 0.05) is 0 Å². The van der Waals surface area contributed by atoms with Gasteiger partial charge in [-0.05, 0) is 0 Å². The fourth-order valence-electron chi connectivity index (χ4n) is 1.65. The normalized spacial score (nSPS) is 11.1. The molecule has 0 bridgehead atoms. The van der Waals surface area contributed by atoms with Gasteiger partial charge in [0.2, 0.25) is 0 Å². The van der Waals surface area contributed by atoms with Gasteiger partial charge < -0.3 is 0 Å². The van der Waals surface area contributed by atoms with Gasteiger partial charge in [-0.2, -0.15) is 0 Å². The molecule has 1 aromatic carbocycles. The third-order valence-corrected chi connectivity index (χ3v) is 4.32. The van der Waals surface area contributed by atoms with Gasteiger partial charge in [-0.25, -0.2) is 0 Å². The van der Waals surface area contributed by atoms with Gasteiger partial charge in [0.15, 0.2) is 0 Å². The number of carboxylic acid groups (broad SMARTS) is 1. The Kier molecular flexibility index (Phi) is 2.68. The van der Waals surface area contributed by atoms with Gasteiger partial charge in [0.1, 0.15) is 0 Å². The van der Waals surface area contributed by atoms with Crippen LogP contribution >= 0.6 is 0 Å². The molecule has 0 aliphatic carbocycles. The Balaban J connectivity index is 2.75. The first kappa shape index (κ1) is 10.5. The number of fused-ring (bicyclic) bond motifs is 1. The van der Waals surface area contributed by atoms with Crippen LogP contribution in [0.2, 0.25) is 0 Å². The Morgan fingerprint density at radius 2 is 2.20 bits per heavy atom. The molecule has 0 fully saturated rings. The van der Waals surface area contributed by atoms with E-state index in [1.165, 1.54) is 3.57 Å². The molecule has 1 N–H and O–H groups in total. The second kappa shape index (κ2) is 3.84. The first-order chi connectivity index (χ1) is 7.13. The summed E-state index contributed by atoms with van der Waals surface area (Å²) in [4.78, 5) is 13.2. The number of aromatic carboxylic acids is 1. The fourth-order valence-corrected chi connectivity index (χ4v) is 2.79. The number of aromatic nitrogens is 1. The van der Waals surface area contributed by atoms with Crippen molar-refractivity contribution < 1.29 is 31.1 Å². The summed E-state index contributed by atoms with van der Waals surface area (Å²) in [6, 6.07) is 6.04. The van der Waals surface area contributed by atoms with Crippen LogP contribution in [-0.2, 0) is 7.05 Å². The maximum absolute atomic E-state index is 11.0. The average molecular weight is 316 g/mol. The van der Waals surface area contributed by atoms with Crippen molar-refractivity contribution in [2.75, 3.05) is 4.93 Å². The van der Waals surface area contributed by atoms with Crippen molar-refractivity contribution in [2.45, 2.75) is 0 Å². The monoisotopic (exact) mass is 316 g/mol. The van der Waals surface area contributed by atoms with Gasteiger partial charge in [-0.15, -0.1) is 0 Å². The molecule has 1 aromatic heterocycles. The van der Waals surface area contributed by atoms with Crippen LogP contribution in [0.1, 0.15) is 10.4 Å². The van der Waals surface area contributed by atoms with Gasteiger partial charge in [0.25, 0.3) is 0 Å². The molecule has 1 heterocycles. The number of rotatable bonds is 2. The Morgan fingerprint density at radius 3 is 2.80 bits per heavy atom. The van der Waals surface area contributed by atoms with Gasteiger partial charge >= 0.3 is 98.1 Å². The van der Waals surface area contributed by atoms with Crippen molar-refractivity contribution in [3.63, 3.8) is 0 Å². The van der Waals surface area contributed by atoms with E-state index < -0.39 is 5.97 Å². The Morgan fingerprint density at radius 1 is 1.47 bits per heavy atom. The van der Waals surface area contributed by atoms with Crippen LogP contribution < -0.4 is 21.2 Å². The number of carboxylic acids is 1. The summed E-state index contributed by atoms with van der Waals surface area (Å²) in [5, 5.41) is 9.84. The first-order valence-corrected chi connectivity index (χ1v) is 7.69. The topological polar surface area (TPSA) is 42.2 Å². The van der Waals surface area contributed by atoms with Crippen LogP contribution in [0.15, 0.2) is 24.4 Å². The van der Waals surface area contributed by atoms with Crippen LogP contribution in [0.25, 0.3) is 10.9 Å². The molecule has 15 heavy (non-hydrogen) atoms. The van der Waals surface area contributed by atoms with Crippen LogP contribution in [0.5, 0.6) is 0 Å². The van der Waals surface area contributed by atoms with Crippen LogP contribution in [-0.4, -0.2) is 20.6 Å². The molecule has 0 unspecified atom stereocenters. The molecule has 0 amide bonds. The number of carbonyl (C=O) groups is 1. The first-order valence-electron chi connectivity index (χ1n) is 4.45. The van der Waals surface area contributed by atoms with Crippen molar-refractivity contribution in [2.24, 2.45) is 7.05 Å². The number of halogens is 1. The molecule has 4 heteroatoms. The van der Waals surface area contributed by atoms with Gasteiger partial charge in [-0.1, -0.05) is 0 Å². The van der Waals surface area contributed by atoms with Crippen molar-refractivity contribution >= 4 is 16.9 Å². The fraction of sp³-hybridized carbons (Fsp3) is 0.182. The predicted octanol–water partition coefficient (Wildman–Crippen LogP) is -1.24. The molecule has 2 aromatic rings. The summed E-state index contributed by atoms with van der Waals surface area (Å²) in [7, 11) is 1.88. The quantitative estimate of drug-likeness (QED) is 0.557. The van der Waals surface area contributed by atoms with Crippen LogP contribution in [0.3, 0.4) is 0 Å². The van der Waals surface area contributed by atoms with Crippen molar-refractivity contribution in [3.8, 4) is 0 Å². The third-order valence-electron chi connectivity index (χ3n) is 2.40. The molecule has 0 saturated carbocycles. The summed E-state index contributed by atoms with van der Waals surface area (Å²) in [6.45, 7) is 0. The third kappa shape index (κ3) is 1.73. The number of hydrogen-bond donors (Lipinski definition) is 1. The van der Waals surface area contributed by atoms with E-state index in [1.54, 1.807) is 6.20 Å². The van der Waals surface area contributed by atoms with Gasteiger partial charge in [0.05, 0.1) is 0 Å². The molecule has 0 aliphatic rings. The van der Waals surface area contributed by atoms with Crippen molar-refractivity contribution in [3.05, 3.63) is 33.5 Å². The van der Waals surface area contributed by atoms with Crippen molar-refractivity contribution in [1.29, 1.82) is 0 Å².